The van der Waals surface area contributed by atoms with Gasteiger partial charge in [0.2, 0.25) is 0 Å². The van der Waals surface area contributed by atoms with Gasteiger partial charge in [-0.15, -0.1) is 0 Å². The first kappa shape index (κ1) is 9.53. The van der Waals surface area contributed by atoms with Gasteiger partial charge in [0, 0.05) is 12.0 Å². The van der Waals surface area contributed by atoms with Crippen LogP contribution in [0.25, 0.3) is 0 Å². The Kier molecular flexibility index (Phi) is 2.46. The van der Waals surface area contributed by atoms with E-state index >= 15 is 0 Å². The van der Waals surface area contributed by atoms with Gasteiger partial charge < -0.3 is 10.5 Å². The minimum atomic E-state index is 0.212. The summed E-state index contributed by atoms with van der Waals surface area (Å²) < 4.78 is 5.70. The van der Waals surface area contributed by atoms with Crippen LogP contribution < -0.4 is 10.5 Å². The Morgan fingerprint density at radius 1 is 1.50 bits per heavy atom. The van der Waals surface area contributed by atoms with Gasteiger partial charge in [0.05, 0.1) is 6.61 Å². The highest BCUT2D eigenvalue weighted by Gasteiger charge is 2.22. The van der Waals surface area contributed by atoms with Gasteiger partial charge in [-0.05, 0) is 37.5 Å². The molecule has 2 nitrogen and oxygen atoms in total. The van der Waals surface area contributed by atoms with Crippen molar-refractivity contribution in [1.29, 1.82) is 0 Å². The molecule has 2 atom stereocenters. The molecule has 0 amide bonds. The Morgan fingerprint density at radius 2 is 2.29 bits per heavy atom. The van der Waals surface area contributed by atoms with Crippen molar-refractivity contribution >= 4 is 0 Å². The van der Waals surface area contributed by atoms with Crippen LogP contribution >= 0.6 is 0 Å². The molecule has 2 N–H and O–H groups in total. The van der Waals surface area contributed by atoms with Gasteiger partial charge in [-0.3, -0.25) is 0 Å². The summed E-state index contributed by atoms with van der Waals surface area (Å²) >= 11 is 0. The normalized spacial score (nSPS) is 22.4. The second-order valence-corrected chi connectivity index (χ2v) is 4.25. The minimum absolute atomic E-state index is 0.212. The van der Waals surface area contributed by atoms with Crippen molar-refractivity contribution in [3.8, 4) is 5.75 Å². The third-order valence-corrected chi connectivity index (χ3v) is 2.90. The summed E-state index contributed by atoms with van der Waals surface area (Å²) in [5.74, 6) is 1.51. The summed E-state index contributed by atoms with van der Waals surface area (Å²) in [5, 5.41) is 0. The molecule has 1 aromatic rings. The molecule has 0 fully saturated rings. The number of rotatable bonds is 1. The maximum absolute atomic E-state index is 5.87. The number of hydrogen-bond acceptors (Lipinski definition) is 2. The van der Waals surface area contributed by atoms with Gasteiger partial charge in [-0.2, -0.15) is 0 Å². The van der Waals surface area contributed by atoms with Crippen molar-refractivity contribution in [3.05, 3.63) is 29.3 Å². The Balaban J connectivity index is 2.23. The fraction of sp³-hybridized carbons (Fsp3) is 0.500. The fourth-order valence-corrected chi connectivity index (χ4v) is 1.84. The molecule has 1 aliphatic rings. The van der Waals surface area contributed by atoms with Crippen LogP contribution in [0.15, 0.2) is 18.2 Å². The molecular weight excluding hydrogens is 174 g/mol. The zero-order valence-electron chi connectivity index (χ0n) is 8.79. The summed E-state index contributed by atoms with van der Waals surface area (Å²) in [4.78, 5) is 0. The quantitative estimate of drug-likeness (QED) is 0.735. The van der Waals surface area contributed by atoms with E-state index in [9.17, 15) is 0 Å². The topological polar surface area (TPSA) is 35.2 Å². The summed E-state index contributed by atoms with van der Waals surface area (Å²) in [6.07, 6.45) is 1.05. The van der Waals surface area contributed by atoms with Crippen LogP contribution in [0.4, 0.5) is 0 Å². The first-order valence-electron chi connectivity index (χ1n) is 5.14. The molecule has 0 aromatic heterocycles. The average molecular weight is 191 g/mol. The van der Waals surface area contributed by atoms with Gasteiger partial charge in [0.15, 0.2) is 0 Å². The van der Waals surface area contributed by atoms with E-state index in [-0.39, 0.29) is 6.04 Å². The van der Waals surface area contributed by atoms with Crippen LogP contribution in [0.3, 0.4) is 0 Å². The van der Waals surface area contributed by atoms with E-state index in [1.165, 1.54) is 11.1 Å². The smallest absolute Gasteiger partial charge is 0.122 e. The van der Waals surface area contributed by atoms with Crippen LogP contribution in [0.5, 0.6) is 5.75 Å². The molecule has 0 saturated carbocycles. The average Bonchev–Trinajstić information content (AvgIpc) is 2.16. The molecule has 0 spiro atoms. The molecular formula is C12H17NO. The number of hydrogen-bond donors (Lipinski definition) is 1. The monoisotopic (exact) mass is 191 g/mol. The van der Waals surface area contributed by atoms with E-state index in [1.54, 1.807) is 0 Å². The number of nitrogens with two attached hydrogens (primary N) is 1. The van der Waals surface area contributed by atoms with E-state index in [0.717, 1.165) is 18.8 Å². The maximum atomic E-state index is 5.87. The lowest BCUT2D eigenvalue weighted by Crippen LogP contribution is -2.35. The largest absolute Gasteiger partial charge is 0.493 e. The van der Waals surface area contributed by atoms with Crippen LogP contribution in [0.2, 0.25) is 0 Å². The third kappa shape index (κ3) is 1.75. The van der Waals surface area contributed by atoms with Crippen LogP contribution in [0.1, 0.15) is 18.1 Å². The molecule has 1 aromatic carbocycles. The number of aryl methyl sites for hydroxylation is 1. The molecule has 2 heteroatoms. The lowest BCUT2D eigenvalue weighted by atomic mass is 9.91. The van der Waals surface area contributed by atoms with Crippen molar-refractivity contribution in [2.45, 2.75) is 26.3 Å². The highest BCUT2D eigenvalue weighted by Crippen LogP contribution is 2.28. The van der Waals surface area contributed by atoms with Crippen molar-refractivity contribution in [3.63, 3.8) is 0 Å². The Morgan fingerprint density at radius 3 is 3.00 bits per heavy atom. The second kappa shape index (κ2) is 3.62. The third-order valence-electron chi connectivity index (χ3n) is 2.90. The van der Waals surface area contributed by atoms with Crippen LogP contribution in [0, 0.1) is 12.8 Å². The molecule has 14 heavy (non-hydrogen) atoms. The summed E-state index contributed by atoms with van der Waals surface area (Å²) in [5.41, 5.74) is 8.42. The highest BCUT2D eigenvalue weighted by atomic mass is 16.5. The zero-order valence-corrected chi connectivity index (χ0v) is 8.79. The van der Waals surface area contributed by atoms with Crippen LogP contribution in [-0.4, -0.2) is 12.6 Å². The van der Waals surface area contributed by atoms with Gasteiger partial charge >= 0.3 is 0 Å². The van der Waals surface area contributed by atoms with Gasteiger partial charge in [0.1, 0.15) is 5.75 Å². The zero-order chi connectivity index (χ0) is 10.1. The van der Waals surface area contributed by atoms with Crippen molar-refractivity contribution in [1.82, 2.24) is 0 Å². The SMILES string of the molecule is Cc1ccc2c(c1)OCC(C(C)N)C2. The molecule has 0 bridgehead atoms. The predicted molar refractivity (Wildman–Crippen MR) is 57.5 cm³/mol. The molecule has 2 rings (SSSR count). The number of benzene rings is 1. The van der Waals surface area contributed by atoms with Crippen molar-refractivity contribution in [2.75, 3.05) is 6.61 Å². The molecule has 2 unspecified atom stereocenters. The fourth-order valence-electron chi connectivity index (χ4n) is 1.84. The molecule has 1 heterocycles. The Hall–Kier alpha value is -1.02. The van der Waals surface area contributed by atoms with E-state index < -0.39 is 0 Å². The summed E-state index contributed by atoms with van der Waals surface area (Å²) in [6.45, 7) is 4.89. The standard InChI is InChI=1S/C12H17NO/c1-8-3-4-10-6-11(9(2)13)7-14-12(10)5-8/h3-5,9,11H,6-7,13H2,1-2H3. The van der Waals surface area contributed by atoms with Gasteiger partial charge in [-0.25, -0.2) is 0 Å². The molecule has 0 radical (unpaired) electrons. The first-order chi connectivity index (χ1) is 6.66. The van der Waals surface area contributed by atoms with E-state index in [4.69, 9.17) is 10.5 Å². The lowest BCUT2D eigenvalue weighted by Gasteiger charge is -2.27. The molecule has 1 aliphatic heterocycles. The van der Waals surface area contributed by atoms with E-state index in [0.29, 0.717) is 5.92 Å². The van der Waals surface area contributed by atoms with Gasteiger partial charge in [0.25, 0.3) is 0 Å². The predicted octanol–water partition coefficient (Wildman–Crippen LogP) is 1.89. The summed E-state index contributed by atoms with van der Waals surface area (Å²) in [7, 11) is 0. The Bertz CT molecular complexity index is 333. The van der Waals surface area contributed by atoms with E-state index in [2.05, 4.69) is 25.1 Å². The first-order valence-corrected chi connectivity index (χ1v) is 5.14. The molecule has 76 valence electrons. The van der Waals surface area contributed by atoms with Gasteiger partial charge in [-0.1, -0.05) is 12.1 Å². The minimum Gasteiger partial charge on any atom is -0.493 e. The Labute approximate surface area is 85.1 Å². The maximum Gasteiger partial charge on any atom is 0.122 e. The number of fused-ring (bicyclic) bond motifs is 1. The second-order valence-electron chi connectivity index (χ2n) is 4.25. The summed E-state index contributed by atoms with van der Waals surface area (Å²) in [6, 6.07) is 6.60. The molecule has 0 saturated heterocycles. The van der Waals surface area contributed by atoms with Crippen molar-refractivity contribution in [2.24, 2.45) is 11.7 Å². The number of ether oxygens (including phenoxy) is 1. The highest BCUT2D eigenvalue weighted by molar-refractivity contribution is 5.38. The molecule has 0 aliphatic carbocycles. The van der Waals surface area contributed by atoms with Crippen LogP contribution in [-0.2, 0) is 6.42 Å². The van der Waals surface area contributed by atoms with Crippen molar-refractivity contribution < 1.29 is 4.74 Å². The lowest BCUT2D eigenvalue weighted by molar-refractivity contribution is 0.204. The van der Waals surface area contributed by atoms with E-state index in [1.807, 2.05) is 6.92 Å².